The molecular formula is C27H24BNO2. The molecule has 1 heterocycles. The number of benzene rings is 3. The van der Waals surface area contributed by atoms with Gasteiger partial charge in [-0.25, -0.2) is 0 Å². The maximum atomic E-state index is 9.77. The number of fused-ring (bicyclic) bond motifs is 4. The van der Waals surface area contributed by atoms with Crippen LogP contribution in [0.4, 0.5) is 0 Å². The summed E-state index contributed by atoms with van der Waals surface area (Å²) in [5.41, 5.74) is 8.15. The summed E-state index contributed by atoms with van der Waals surface area (Å²) >= 11 is 0. The third-order valence-corrected chi connectivity index (χ3v) is 6.58. The molecule has 31 heavy (non-hydrogen) atoms. The molecule has 152 valence electrons. The van der Waals surface area contributed by atoms with Crippen LogP contribution in [0.3, 0.4) is 0 Å². The number of para-hydroxylation sites is 1. The molecule has 0 unspecified atom stereocenters. The minimum absolute atomic E-state index is 0.190. The summed E-state index contributed by atoms with van der Waals surface area (Å²) in [6.45, 7) is 12.6. The van der Waals surface area contributed by atoms with Crippen LogP contribution < -0.4 is 5.46 Å². The number of rotatable bonds is 4. The van der Waals surface area contributed by atoms with Gasteiger partial charge in [-0.05, 0) is 58.1 Å². The molecule has 0 saturated carbocycles. The van der Waals surface area contributed by atoms with Crippen molar-refractivity contribution >= 4 is 40.0 Å². The summed E-state index contributed by atoms with van der Waals surface area (Å²) in [6.07, 6.45) is 3.86. The van der Waals surface area contributed by atoms with Crippen LogP contribution in [0.15, 0.2) is 91.5 Å². The molecule has 0 fully saturated rings. The topological polar surface area (TPSA) is 45.4 Å². The lowest BCUT2D eigenvalue weighted by atomic mass is 9.79. The van der Waals surface area contributed by atoms with Gasteiger partial charge in [0.05, 0.1) is 11.0 Å². The van der Waals surface area contributed by atoms with Crippen molar-refractivity contribution in [1.82, 2.24) is 4.57 Å². The molecule has 1 aromatic heterocycles. The largest absolute Gasteiger partial charge is 0.488 e. The zero-order valence-electron chi connectivity index (χ0n) is 17.8. The van der Waals surface area contributed by atoms with E-state index in [-0.39, 0.29) is 5.41 Å². The van der Waals surface area contributed by atoms with Gasteiger partial charge < -0.3 is 14.6 Å². The average molecular weight is 405 g/mol. The van der Waals surface area contributed by atoms with Crippen LogP contribution in [0.2, 0.25) is 0 Å². The first-order chi connectivity index (χ1) is 14.9. The Bertz CT molecular complexity index is 1410. The Morgan fingerprint density at radius 1 is 0.871 bits per heavy atom. The standard InChI is InChI=1S/C27H24BNO2/c1-5-19-20-16-26-22(15-24(20)27(3,4)23(19)6-2)21-14-17(28(30)31)12-13-25(21)29(26)18-10-8-7-9-11-18/h5-16,30-31H,1-2H2,3-4H3. The van der Waals surface area contributed by atoms with Crippen molar-refractivity contribution in [2.24, 2.45) is 0 Å². The van der Waals surface area contributed by atoms with E-state index in [4.69, 9.17) is 0 Å². The summed E-state index contributed by atoms with van der Waals surface area (Å²) in [7, 11) is -1.51. The van der Waals surface area contributed by atoms with E-state index in [0.717, 1.165) is 33.1 Å². The lowest BCUT2D eigenvalue weighted by molar-refractivity contribution is 0.426. The van der Waals surface area contributed by atoms with Crippen LogP contribution in [0.1, 0.15) is 25.0 Å². The molecule has 0 saturated heterocycles. The van der Waals surface area contributed by atoms with E-state index in [0.29, 0.717) is 5.46 Å². The van der Waals surface area contributed by atoms with Crippen LogP contribution in [0.5, 0.6) is 0 Å². The van der Waals surface area contributed by atoms with Crippen LogP contribution in [0.25, 0.3) is 33.1 Å². The van der Waals surface area contributed by atoms with Crippen molar-refractivity contribution in [2.45, 2.75) is 19.3 Å². The van der Waals surface area contributed by atoms with Gasteiger partial charge >= 0.3 is 7.12 Å². The summed E-state index contributed by atoms with van der Waals surface area (Å²) in [6, 6.07) is 20.3. The Balaban J connectivity index is 1.96. The zero-order chi connectivity index (χ0) is 21.9. The molecule has 2 N–H and O–H groups in total. The molecule has 0 radical (unpaired) electrons. The summed E-state index contributed by atoms with van der Waals surface area (Å²) in [5, 5.41) is 21.6. The van der Waals surface area contributed by atoms with E-state index in [1.165, 1.54) is 16.7 Å². The van der Waals surface area contributed by atoms with Gasteiger partial charge in [-0.3, -0.25) is 0 Å². The van der Waals surface area contributed by atoms with Crippen molar-refractivity contribution in [3.05, 3.63) is 103 Å². The molecule has 3 aromatic carbocycles. The van der Waals surface area contributed by atoms with Crippen LogP contribution in [0, 0.1) is 0 Å². The Labute approximate surface area is 182 Å². The number of hydrogen-bond acceptors (Lipinski definition) is 2. The molecule has 4 aromatic rings. The van der Waals surface area contributed by atoms with Gasteiger partial charge in [0.25, 0.3) is 0 Å². The second-order valence-electron chi connectivity index (χ2n) is 8.60. The van der Waals surface area contributed by atoms with E-state index >= 15 is 0 Å². The first-order valence-corrected chi connectivity index (χ1v) is 10.4. The van der Waals surface area contributed by atoms with Gasteiger partial charge in [-0.2, -0.15) is 0 Å². The molecule has 1 aliphatic rings. The van der Waals surface area contributed by atoms with Gasteiger partial charge in [0.15, 0.2) is 0 Å². The van der Waals surface area contributed by atoms with E-state index in [1.54, 1.807) is 6.07 Å². The molecule has 3 nitrogen and oxygen atoms in total. The molecule has 5 rings (SSSR count). The lowest BCUT2D eigenvalue weighted by Gasteiger charge is -2.22. The molecular weight excluding hydrogens is 381 g/mol. The summed E-state index contributed by atoms with van der Waals surface area (Å²) < 4.78 is 2.23. The number of hydrogen-bond donors (Lipinski definition) is 2. The normalized spacial score (nSPS) is 14.8. The minimum Gasteiger partial charge on any atom is -0.423 e. The van der Waals surface area contributed by atoms with Crippen molar-refractivity contribution in [1.29, 1.82) is 0 Å². The molecule has 1 aliphatic carbocycles. The summed E-state index contributed by atoms with van der Waals surface area (Å²) in [5.74, 6) is 0. The van der Waals surface area contributed by atoms with Crippen LogP contribution in [-0.4, -0.2) is 21.7 Å². The van der Waals surface area contributed by atoms with Gasteiger partial charge in [-0.15, -0.1) is 0 Å². The maximum Gasteiger partial charge on any atom is 0.488 e. The Kier molecular flexibility index (Phi) is 4.33. The first kappa shape index (κ1) is 19.6. The monoisotopic (exact) mass is 405 g/mol. The SMILES string of the molecule is C=CC1=C(C=C)C(C)(C)c2cc3c4cc(B(O)O)ccc4n(-c4ccccc4)c3cc21. The van der Waals surface area contributed by atoms with Crippen LogP contribution >= 0.6 is 0 Å². The zero-order valence-corrected chi connectivity index (χ0v) is 17.8. The smallest absolute Gasteiger partial charge is 0.423 e. The Morgan fingerprint density at radius 3 is 2.23 bits per heavy atom. The van der Waals surface area contributed by atoms with E-state index in [9.17, 15) is 10.0 Å². The van der Waals surface area contributed by atoms with Crippen molar-refractivity contribution in [2.75, 3.05) is 0 Å². The highest BCUT2D eigenvalue weighted by Gasteiger charge is 2.36. The van der Waals surface area contributed by atoms with Crippen molar-refractivity contribution in [3.8, 4) is 5.69 Å². The van der Waals surface area contributed by atoms with Gasteiger partial charge in [0.1, 0.15) is 0 Å². The fourth-order valence-electron chi connectivity index (χ4n) is 5.05. The number of allylic oxidation sites excluding steroid dienone is 4. The van der Waals surface area contributed by atoms with E-state index in [1.807, 2.05) is 42.5 Å². The van der Waals surface area contributed by atoms with Gasteiger partial charge in [0, 0.05) is 21.9 Å². The molecule has 0 amide bonds. The van der Waals surface area contributed by atoms with Gasteiger partial charge in [-0.1, -0.05) is 69.5 Å². The third-order valence-electron chi connectivity index (χ3n) is 6.58. The molecule has 0 spiro atoms. The highest BCUT2D eigenvalue weighted by atomic mass is 16.4. The van der Waals surface area contributed by atoms with E-state index in [2.05, 4.69) is 55.8 Å². The molecule has 0 bridgehead atoms. The first-order valence-electron chi connectivity index (χ1n) is 10.4. The van der Waals surface area contributed by atoms with Gasteiger partial charge in [0.2, 0.25) is 0 Å². The fourth-order valence-corrected chi connectivity index (χ4v) is 5.05. The molecule has 0 aliphatic heterocycles. The average Bonchev–Trinajstić information content (AvgIpc) is 3.20. The maximum absolute atomic E-state index is 9.77. The minimum atomic E-state index is -1.51. The second-order valence-corrected chi connectivity index (χ2v) is 8.60. The highest BCUT2D eigenvalue weighted by Crippen LogP contribution is 2.49. The Morgan fingerprint density at radius 2 is 1.58 bits per heavy atom. The second kappa shape index (κ2) is 6.84. The van der Waals surface area contributed by atoms with Crippen molar-refractivity contribution in [3.63, 3.8) is 0 Å². The summed E-state index contributed by atoms with van der Waals surface area (Å²) in [4.78, 5) is 0. The van der Waals surface area contributed by atoms with E-state index < -0.39 is 7.12 Å². The number of aromatic nitrogens is 1. The predicted octanol–water partition coefficient (Wildman–Crippen LogP) is 4.88. The number of nitrogens with zero attached hydrogens (tertiary/aromatic N) is 1. The third kappa shape index (κ3) is 2.69. The van der Waals surface area contributed by atoms with Crippen molar-refractivity contribution < 1.29 is 10.0 Å². The molecule has 0 atom stereocenters. The lowest BCUT2D eigenvalue weighted by Crippen LogP contribution is -2.29. The predicted molar refractivity (Wildman–Crippen MR) is 131 cm³/mol. The van der Waals surface area contributed by atoms with Crippen LogP contribution in [-0.2, 0) is 5.41 Å². The quantitative estimate of drug-likeness (QED) is 0.476. The molecule has 4 heteroatoms. The fraction of sp³-hybridized carbons (Fsp3) is 0.111. The Hall–Kier alpha value is -3.34. The highest BCUT2D eigenvalue weighted by molar-refractivity contribution is 6.59.